The number of carbonyl (C=O) groups is 1. The van der Waals surface area contributed by atoms with Gasteiger partial charge in [0.05, 0.1) is 6.04 Å². The number of benzene rings is 1. The quantitative estimate of drug-likeness (QED) is 0.727. The van der Waals surface area contributed by atoms with Crippen molar-refractivity contribution in [3.63, 3.8) is 0 Å². The van der Waals surface area contributed by atoms with E-state index in [0.717, 1.165) is 36.6 Å². The number of hydrogen-bond donors (Lipinski definition) is 0. The van der Waals surface area contributed by atoms with Gasteiger partial charge in [-0.1, -0.05) is 30.3 Å². The van der Waals surface area contributed by atoms with Gasteiger partial charge in [-0.3, -0.25) is 9.48 Å². The molecule has 1 saturated heterocycles. The Morgan fingerprint density at radius 1 is 1.23 bits per heavy atom. The van der Waals surface area contributed by atoms with Crippen molar-refractivity contribution in [2.24, 2.45) is 0 Å². The van der Waals surface area contributed by atoms with Crippen LogP contribution in [0.15, 0.2) is 48.8 Å². The lowest BCUT2D eigenvalue weighted by Crippen LogP contribution is -2.29. The predicted molar refractivity (Wildman–Crippen MR) is 99.9 cm³/mol. The summed E-state index contributed by atoms with van der Waals surface area (Å²) in [7, 11) is 0. The summed E-state index contributed by atoms with van der Waals surface area (Å²) < 4.78 is 4.06. The van der Waals surface area contributed by atoms with E-state index in [4.69, 9.17) is 0 Å². The number of carbonyl (C=O) groups excluding carboxylic acids is 1. The minimum absolute atomic E-state index is 0.0127. The highest BCUT2D eigenvalue weighted by Gasteiger charge is 2.31. The Labute approximate surface area is 153 Å². The number of imidazole rings is 1. The van der Waals surface area contributed by atoms with Crippen molar-refractivity contribution in [3.05, 3.63) is 60.2 Å². The van der Waals surface area contributed by atoms with Crippen LogP contribution in [-0.2, 0) is 6.54 Å². The van der Waals surface area contributed by atoms with Gasteiger partial charge in [0.1, 0.15) is 11.5 Å². The van der Waals surface area contributed by atoms with Crippen molar-refractivity contribution in [1.82, 2.24) is 24.2 Å². The van der Waals surface area contributed by atoms with Crippen LogP contribution < -0.4 is 0 Å². The van der Waals surface area contributed by atoms with Gasteiger partial charge in [-0.05, 0) is 26.3 Å². The fourth-order valence-electron chi connectivity index (χ4n) is 3.66. The van der Waals surface area contributed by atoms with Gasteiger partial charge in [0.25, 0.3) is 5.91 Å². The van der Waals surface area contributed by atoms with Gasteiger partial charge in [0.15, 0.2) is 0 Å². The summed E-state index contributed by atoms with van der Waals surface area (Å²) in [6.45, 7) is 6.29. The number of likely N-dealkylation sites (tertiary alicyclic amines) is 1. The van der Waals surface area contributed by atoms with Gasteiger partial charge in [-0.2, -0.15) is 5.10 Å². The molecule has 26 heavy (non-hydrogen) atoms. The third-order valence-corrected chi connectivity index (χ3v) is 5.01. The minimum atomic E-state index is 0.0127. The van der Waals surface area contributed by atoms with Crippen LogP contribution in [0.25, 0.3) is 11.4 Å². The average Bonchev–Trinajstić information content (AvgIpc) is 3.41. The first-order valence-electron chi connectivity index (χ1n) is 9.09. The SMILES string of the molecule is CCn1ccc(C(=O)N2CCC(n3c(C)cnc3-c3ccccc3)C2)n1. The molecule has 3 heterocycles. The fourth-order valence-corrected chi connectivity index (χ4v) is 3.66. The highest BCUT2D eigenvalue weighted by atomic mass is 16.2. The Kier molecular flexibility index (Phi) is 4.32. The van der Waals surface area contributed by atoms with Gasteiger partial charge in [0.2, 0.25) is 0 Å². The van der Waals surface area contributed by atoms with Crippen molar-refractivity contribution in [3.8, 4) is 11.4 Å². The molecule has 2 aromatic heterocycles. The Hall–Kier alpha value is -2.89. The number of aromatic nitrogens is 4. The van der Waals surface area contributed by atoms with Crippen LogP contribution in [0.1, 0.15) is 35.6 Å². The molecule has 0 aliphatic carbocycles. The highest BCUT2D eigenvalue weighted by Crippen LogP contribution is 2.30. The first-order valence-corrected chi connectivity index (χ1v) is 9.09. The third kappa shape index (κ3) is 2.92. The van der Waals surface area contributed by atoms with E-state index in [-0.39, 0.29) is 11.9 Å². The molecule has 1 aliphatic heterocycles. The van der Waals surface area contributed by atoms with E-state index < -0.39 is 0 Å². The Bertz CT molecular complexity index is 911. The zero-order valence-corrected chi connectivity index (χ0v) is 15.2. The maximum atomic E-state index is 12.8. The summed E-state index contributed by atoms with van der Waals surface area (Å²) in [4.78, 5) is 19.3. The molecule has 0 bridgehead atoms. The molecule has 6 heteroatoms. The van der Waals surface area contributed by atoms with E-state index in [1.807, 2.05) is 42.4 Å². The van der Waals surface area contributed by atoms with E-state index in [2.05, 4.69) is 33.7 Å². The van der Waals surface area contributed by atoms with Gasteiger partial charge < -0.3 is 9.47 Å². The molecule has 1 fully saturated rings. The summed E-state index contributed by atoms with van der Waals surface area (Å²) in [5.41, 5.74) is 2.75. The van der Waals surface area contributed by atoms with Crippen molar-refractivity contribution < 1.29 is 4.79 Å². The number of hydrogen-bond acceptors (Lipinski definition) is 3. The first-order chi connectivity index (χ1) is 12.7. The second kappa shape index (κ2) is 6.78. The smallest absolute Gasteiger partial charge is 0.274 e. The van der Waals surface area contributed by atoms with E-state index in [1.165, 1.54) is 0 Å². The van der Waals surface area contributed by atoms with Crippen LogP contribution in [0.2, 0.25) is 0 Å². The summed E-state index contributed by atoms with van der Waals surface area (Å²) >= 11 is 0. The van der Waals surface area contributed by atoms with Crippen LogP contribution in [-0.4, -0.2) is 43.2 Å². The summed E-state index contributed by atoms with van der Waals surface area (Å²) in [6.07, 6.45) is 4.70. The second-order valence-electron chi connectivity index (χ2n) is 6.71. The lowest BCUT2D eigenvalue weighted by molar-refractivity contribution is 0.0781. The molecule has 1 aliphatic rings. The molecule has 1 amide bonds. The van der Waals surface area contributed by atoms with Crippen molar-refractivity contribution >= 4 is 5.91 Å². The Morgan fingerprint density at radius 3 is 2.77 bits per heavy atom. The molecule has 0 saturated carbocycles. The largest absolute Gasteiger partial charge is 0.335 e. The molecule has 0 N–H and O–H groups in total. The fraction of sp³-hybridized carbons (Fsp3) is 0.350. The zero-order chi connectivity index (χ0) is 18.1. The molecule has 0 radical (unpaired) electrons. The van der Waals surface area contributed by atoms with Crippen molar-refractivity contribution in [1.29, 1.82) is 0 Å². The molecule has 0 spiro atoms. The normalized spacial score (nSPS) is 17.0. The van der Waals surface area contributed by atoms with Crippen LogP contribution in [0.4, 0.5) is 0 Å². The van der Waals surface area contributed by atoms with Crippen molar-refractivity contribution in [2.45, 2.75) is 32.9 Å². The second-order valence-corrected chi connectivity index (χ2v) is 6.71. The van der Waals surface area contributed by atoms with Crippen molar-refractivity contribution in [2.75, 3.05) is 13.1 Å². The molecular weight excluding hydrogens is 326 g/mol. The third-order valence-electron chi connectivity index (χ3n) is 5.01. The molecule has 134 valence electrons. The van der Waals surface area contributed by atoms with E-state index in [9.17, 15) is 4.79 Å². The molecule has 3 aromatic rings. The summed E-state index contributed by atoms with van der Waals surface area (Å²) in [6, 6.07) is 12.3. The van der Waals surface area contributed by atoms with Gasteiger partial charge in [0, 0.05) is 43.3 Å². The van der Waals surface area contributed by atoms with Crippen LogP contribution >= 0.6 is 0 Å². The molecule has 1 atom stereocenters. The lowest BCUT2D eigenvalue weighted by atomic mass is 10.2. The zero-order valence-electron chi connectivity index (χ0n) is 15.2. The van der Waals surface area contributed by atoms with Gasteiger partial charge in [-0.25, -0.2) is 4.98 Å². The van der Waals surface area contributed by atoms with Crippen LogP contribution in [0.3, 0.4) is 0 Å². The van der Waals surface area contributed by atoms with E-state index >= 15 is 0 Å². The maximum absolute atomic E-state index is 12.8. The standard InChI is InChI=1S/C20H23N5O/c1-3-24-12-10-18(22-24)20(26)23-11-9-17(14-23)25-15(2)13-21-19(25)16-7-5-4-6-8-16/h4-8,10,12-13,17H,3,9,11,14H2,1-2H3. The van der Waals surface area contributed by atoms with Crippen LogP contribution in [0.5, 0.6) is 0 Å². The van der Waals surface area contributed by atoms with E-state index in [0.29, 0.717) is 12.2 Å². The van der Waals surface area contributed by atoms with Gasteiger partial charge >= 0.3 is 0 Å². The molecule has 6 nitrogen and oxygen atoms in total. The lowest BCUT2D eigenvalue weighted by Gasteiger charge is -2.19. The molecule has 1 aromatic carbocycles. The minimum Gasteiger partial charge on any atom is -0.335 e. The number of rotatable bonds is 4. The van der Waals surface area contributed by atoms with Crippen LogP contribution in [0, 0.1) is 6.92 Å². The number of nitrogens with zero attached hydrogens (tertiary/aromatic N) is 5. The summed E-state index contributed by atoms with van der Waals surface area (Å²) in [5, 5.41) is 4.35. The Morgan fingerprint density at radius 2 is 2.04 bits per heavy atom. The monoisotopic (exact) mass is 349 g/mol. The highest BCUT2D eigenvalue weighted by molar-refractivity contribution is 5.92. The molecule has 1 unspecified atom stereocenters. The number of aryl methyl sites for hydroxylation is 2. The predicted octanol–water partition coefficient (Wildman–Crippen LogP) is 3.16. The molecular formula is C20H23N5O. The summed E-state index contributed by atoms with van der Waals surface area (Å²) in [5.74, 6) is 0.983. The topological polar surface area (TPSA) is 56.0 Å². The first kappa shape index (κ1) is 16.6. The van der Waals surface area contributed by atoms with E-state index in [1.54, 1.807) is 10.7 Å². The Balaban J connectivity index is 1.56. The number of amides is 1. The average molecular weight is 349 g/mol. The van der Waals surface area contributed by atoms with Gasteiger partial charge in [-0.15, -0.1) is 0 Å². The molecule has 4 rings (SSSR count). The maximum Gasteiger partial charge on any atom is 0.274 e.